The molecule has 1 atom stereocenters. The molecule has 0 fully saturated rings. The van der Waals surface area contributed by atoms with Crippen LogP contribution in [0.25, 0.3) is 22.6 Å². The zero-order chi connectivity index (χ0) is 19.0. The number of rotatable bonds is 4. The number of nitrogens with one attached hydrogen (secondary N) is 2. The van der Waals surface area contributed by atoms with Crippen LogP contribution in [0, 0.1) is 12.7 Å². The van der Waals surface area contributed by atoms with Gasteiger partial charge in [-0.3, -0.25) is 0 Å². The molecule has 0 aliphatic carbocycles. The van der Waals surface area contributed by atoms with Crippen molar-refractivity contribution in [2.75, 3.05) is 5.32 Å². The summed E-state index contributed by atoms with van der Waals surface area (Å²) in [5.74, 6) is 0.948. The average Bonchev–Trinajstić information content (AvgIpc) is 3.07. The van der Waals surface area contributed by atoms with E-state index in [0.29, 0.717) is 28.0 Å². The van der Waals surface area contributed by atoms with Gasteiger partial charge >= 0.3 is 0 Å². The molecule has 0 radical (unpaired) electrons. The molecule has 8 heteroatoms. The highest BCUT2D eigenvalue weighted by Crippen LogP contribution is 2.27. The van der Waals surface area contributed by atoms with E-state index in [4.69, 9.17) is 11.6 Å². The zero-order valence-corrected chi connectivity index (χ0v) is 15.4. The Kier molecular flexibility index (Phi) is 4.45. The molecule has 4 aromatic rings. The topological polar surface area (TPSA) is 79.4 Å². The second-order valence-corrected chi connectivity index (χ2v) is 6.62. The molecule has 6 nitrogen and oxygen atoms in total. The van der Waals surface area contributed by atoms with Crippen LogP contribution < -0.4 is 5.32 Å². The average molecular weight is 383 g/mol. The van der Waals surface area contributed by atoms with Crippen LogP contribution in [0.4, 0.5) is 10.2 Å². The summed E-state index contributed by atoms with van der Waals surface area (Å²) < 4.78 is 13.1. The van der Waals surface area contributed by atoms with Crippen LogP contribution >= 0.6 is 11.6 Å². The van der Waals surface area contributed by atoms with E-state index in [1.165, 1.54) is 18.3 Å². The van der Waals surface area contributed by atoms with Gasteiger partial charge in [-0.05, 0) is 31.5 Å². The lowest BCUT2D eigenvalue weighted by Crippen LogP contribution is -2.10. The van der Waals surface area contributed by atoms with E-state index >= 15 is 0 Å². The number of halogens is 2. The standard InChI is InChI=1S/C19H16ClFN6/c1-10-7-22-18(14-8-23-19-16(14)26-15(20)9-24-19)27-17(10)25-11(2)12-3-5-13(21)6-4-12/h3-9,11H,1-2H3,(H,23,24)(H,22,25,27)/t11-/m0/s1. The van der Waals surface area contributed by atoms with E-state index in [0.717, 1.165) is 16.7 Å². The first kappa shape index (κ1) is 17.4. The van der Waals surface area contributed by atoms with Crippen molar-refractivity contribution in [1.82, 2.24) is 24.9 Å². The number of nitrogens with zero attached hydrogens (tertiary/aromatic N) is 4. The number of H-pyrrole nitrogens is 1. The van der Waals surface area contributed by atoms with Crippen molar-refractivity contribution in [3.63, 3.8) is 0 Å². The van der Waals surface area contributed by atoms with Gasteiger partial charge in [0.25, 0.3) is 0 Å². The number of aromatic amines is 1. The summed E-state index contributed by atoms with van der Waals surface area (Å²) >= 11 is 5.97. The second kappa shape index (κ2) is 6.92. The summed E-state index contributed by atoms with van der Waals surface area (Å²) in [6, 6.07) is 6.34. The summed E-state index contributed by atoms with van der Waals surface area (Å²) in [6.45, 7) is 3.92. The lowest BCUT2D eigenvalue weighted by Gasteiger charge is -2.17. The van der Waals surface area contributed by atoms with Crippen molar-refractivity contribution in [2.45, 2.75) is 19.9 Å². The number of aromatic nitrogens is 5. The first-order valence-corrected chi connectivity index (χ1v) is 8.74. The highest BCUT2D eigenvalue weighted by atomic mass is 35.5. The molecule has 3 aromatic heterocycles. The van der Waals surface area contributed by atoms with Gasteiger partial charge in [-0.1, -0.05) is 23.7 Å². The van der Waals surface area contributed by atoms with Gasteiger partial charge in [-0.2, -0.15) is 0 Å². The first-order valence-electron chi connectivity index (χ1n) is 8.37. The third kappa shape index (κ3) is 3.46. The summed E-state index contributed by atoms with van der Waals surface area (Å²) in [5, 5.41) is 3.67. The summed E-state index contributed by atoms with van der Waals surface area (Å²) in [7, 11) is 0. The Bertz CT molecular complexity index is 1110. The van der Waals surface area contributed by atoms with Gasteiger partial charge in [0, 0.05) is 24.0 Å². The number of anilines is 1. The van der Waals surface area contributed by atoms with E-state index in [1.54, 1.807) is 24.5 Å². The Labute approximate surface area is 159 Å². The zero-order valence-electron chi connectivity index (χ0n) is 14.7. The SMILES string of the molecule is Cc1cnc(-c2c[nH]c3ncc(Cl)nc23)nc1N[C@@H](C)c1ccc(F)cc1. The fourth-order valence-electron chi connectivity index (χ4n) is 2.80. The van der Waals surface area contributed by atoms with Gasteiger partial charge < -0.3 is 10.3 Å². The molecular weight excluding hydrogens is 367 g/mol. The van der Waals surface area contributed by atoms with Crippen molar-refractivity contribution < 1.29 is 4.39 Å². The molecule has 3 heterocycles. The van der Waals surface area contributed by atoms with Crippen LogP contribution in [0.5, 0.6) is 0 Å². The molecule has 2 N–H and O–H groups in total. The minimum Gasteiger partial charge on any atom is -0.363 e. The van der Waals surface area contributed by atoms with Crippen molar-refractivity contribution in [3.8, 4) is 11.4 Å². The fourth-order valence-corrected chi connectivity index (χ4v) is 2.93. The molecule has 1 aromatic carbocycles. The largest absolute Gasteiger partial charge is 0.363 e. The minimum absolute atomic E-state index is 0.0516. The van der Waals surface area contributed by atoms with Crippen molar-refractivity contribution in [2.24, 2.45) is 0 Å². The highest BCUT2D eigenvalue weighted by molar-refractivity contribution is 6.29. The molecule has 0 unspecified atom stereocenters. The highest BCUT2D eigenvalue weighted by Gasteiger charge is 2.15. The molecule has 0 saturated carbocycles. The summed E-state index contributed by atoms with van der Waals surface area (Å²) in [4.78, 5) is 20.7. The smallest absolute Gasteiger partial charge is 0.165 e. The van der Waals surface area contributed by atoms with Gasteiger partial charge in [0.1, 0.15) is 22.3 Å². The van der Waals surface area contributed by atoms with Gasteiger partial charge in [0.2, 0.25) is 0 Å². The van der Waals surface area contributed by atoms with Crippen LogP contribution in [0.1, 0.15) is 24.1 Å². The Morgan fingerprint density at radius 3 is 2.67 bits per heavy atom. The van der Waals surface area contributed by atoms with Crippen LogP contribution in [-0.2, 0) is 0 Å². The Morgan fingerprint density at radius 1 is 1.11 bits per heavy atom. The van der Waals surface area contributed by atoms with Crippen LogP contribution in [-0.4, -0.2) is 24.9 Å². The molecule has 0 aliphatic heterocycles. The Balaban J connectivity index is 1.68. The number of benzene rings is 1. The van der Waals surface area contributed by atoms with Crippen LogP contribution in [0.3, 0.4) is 0 Å². The monoisotopic (exact) mass is 382 g/mol. The molecular formula is C19H16ClFN6. The lowest BCUT2D eigenvalue weighted by molar-refractivity contribution is 0.626. The van der Waals surface area contributed by atoms with E-state index in [-0.39, 0.29) is 11.9 Å². The first-order chi connectivity index (χ1) is 13.0. The number of fused-ring (bicyclic) bond motifs is 1. The quantitative estimate of drug-likeness (QED) is 0.535. The molecule has 0 aliphatic rings. The normalized spacial score (nSPS) is 12.3. The van der Waals surface area contributed by atoms with E-state index < -0.39 is 0 Å². The number of hydrogen-bond donors (Lipinski definition) is 2. The summed E-state index contributed by atoms with van der Waals surface area (Å²) in [5.41, 5.74) is 3.81. The van der Waals surface area contributed by atoms with E-state index in [1.807, 2.05) is 13.8 Å². The van der Waals surface area contributed by atoms with Gasteiger partial charge in [0.05, 0.1) is 11.8 Å². The lowest BCUT2D eigenvalue weighted by atomic mass is 10.1. The number of hydrogen-bond acceptors (Lipinski definition) is 5. The van der Waals surface area contributed by atoms with E-state index in [2.05, 4.69) is 30.2 Å². The molecule has 0 amide bonds. The van der Waals surface area contributed by atoms with Crippen LogP contribution in [0.15, 0.2) is 42.9 Å². The van der Waals surface area contributed by atoms with Gasteiger partial charge in [-0.25, -0.2) is 24.3 Å². The Hall–Kier alpha value is -3.06. The fraction of sp³-hybridized carbons (Fsp3) is 0.158. The third-order valence-electron chi connectivity index (χ3n) is 4.29. The Morgan fingerprint density at radius 2 is 1.89 bits per heavy atom. The predicted molar refractivity (Wildman–Crippen MR) is 103 cm³/mol. The third-order valence-corrected chi connectivity index (χ3v) is 4.47. The molecule has 136 valence electrons. The maximum absolute atomic E-state index is 13.1. The predicted octanol–water partition coefficient (Wildman–Crippen LogP) is 4.69. The molecule has 27 heavy (non-hydrogen) atoms. The second-order valence-electron chi connectivity index (χ2n) is 6.24. The molecule has 0 spiro atoms. The summed E-state index contributed by atoms with van der Waals surface area (Å²) in [6.07, 6.45) is 5.00. The van der Waals surface area contributed by atoms with Crippen molar-refractivity contribution in [3.05, 3.63) is 65.0 Å². The van der Waals surface area contributed by atoms with Gasteiger partial charge in [0.15, 0.2) is 11.5 Å². The van der Waals surface area contributed by atoms with E-state index in [9.17, 15) is 4.39 Å². The van der Waals surface area contributed by atoms with Crippen molar-refractivity contribution >= 4 is 28.6 Å². The van der Waals surface area contributed by atoms with Gasteiger partial charge in [-0.15, -0.1) is 0 Å². The number of aryl methyl sites for hydroxylation is 1. The molecule has 0 bridgehead atoms. The minimum atomic E-state index is -0.259. The maximum atomic E-state index is 13.1. The molecule has 0 saturated heterocycles. The molecule has 4 rings (SSSR count). The van der Waals surface area contributed by atoms with Crippen molar-refractivity contribution in [1.29, 1.82) is 0 Å². The van der Waals surface area contributed by atoms with Crippen LogP contribution in [0.2, 0.25) is 5.15 Å². The maximum Gasteiger partial charge on any atom is 0.165 e.